The highest BCUT2D eigenvalue weighted by Crippen LogP contribution is 2.67. The number of nitrogens with two attached hydrogens (primary N) is 1. The lowest BCUT2D eigenvalue weighted by Gasteiger charge is -2.17. The zero-order chi connectivity index (χ0) is 7.59. The van der Waals surface area contributed by atoms with E-state index in [1.165, 1.54) is 12.8 Å². The number of carbonyl (C=O) groups is 1. The number of hydrogen-bond acceptors (Lipinski definition) is 1. The Morgan fingerprint density at radius 3 is 2.45 bits per heavy atom. The van der Waals surface area contributed by atoms with E-state index in [4.69, 9.17) is 5.73 Å². The second kappa shape index (κ2) is 1.62. The molecule has 2 nitrogen and oxygen atoms in total. The van der Waals surface area contributed by atoms with Crippen molar-refractivity contribution >= 4 is 5.91 Å². The summed E-state index contributed by atoms with van der Waals surface area (Å²) in [5.74, 6) is 3.71. The van der Waals surface area contributed by atoms with Crippen LogP contribution in [0.3, 0.4) is 0 Å². The molecule has 11 heavy (non-hydrogen) atoms. The molecule has 0 aromatic carbocycles. The summed E-state index contributed by atoms with van der Waals surface area (Å²) in [7, 11) is 0. The Kier molecular flexibility index (Phi) is 0.890. The van der Waals surface area contributed by atoms with Crippen molar-refractivity contribution in [1.82, 2.24) is 0 Å². The van der Waals surface area contributed by atoms with E-state index in [0.717, 1.165) is 24.2 Å². The van der Waals surface area contributed by atoms with Gasteiger partial charge in [0.25, 0.3) is 0 Å². The van der Waals surface area contributed by atoms with Gasteiger partial charge in [0, 0.05) is 5.92 Å². The van der Waals surface area contributed by atoms with Gasteiger partial charge in [0.15, 0.2) is 0 Å². The molecule has 1 amide bonds. The zero-order valence-corrected chi connectivity index (χ0v) is 6.49. The highest BCUT2D eigenvalue weighted by molar-refractivity contribution is 5.77. The van der Waals surface area contributed by atoms with Gasteiger partial charge in [-0.05, 0) is 42.9 Å². The van der Waals surface area contributed by atoms with Crippen molar-refractivity contribution in [2.45, 2.75) is 19.3 Å². The molecule has 2 heteroatoms. The van der Waals surface area contributed by atoms with Gasteiger partial charge in [0.2, 0.25) is 5.91 Å². The Hall–Kier alpha value is -0.530. The van der Waals surface area contributed by atoms with E-state index in [0.29, 0.717) is 5.92 Å². The molecule has 2 N–H and O–H groups in total. The monoisotopic (exact) mass is 151 g/mol. The first-order valence-electron chi connectivity index (χ1n) is 4.56. The van der Waals surface area contributed by atoms with Crippen LogP contribution in [0.4, 0.5) is 0 Å². The number of amides is 1. The van der Waals surface area contributed by atoms with Gasteiger partial charge in [0.05, 0.1) is 0 Å². The molecule has 0 heterocycles. The zero-order valence-electron chi connectivity index (χ0n) is 6.49. The molecular formula is C9H13NO. The van der Waals surface area contributed by atoms with Crippen LogP contribution in [0.1, 0.15) is 19.3 Å². The number of hydrogen-bond donors (Lipinski definition) is 1. The Morgan fingerprint density at radius 1 is 1.09 bits per heavy atom. The second-order valence-corrected chi connectivity index (χ2v) is 4.47. The molecule has 5 unspecified atom stereocenters. The molecule has 2 bridgehead atoms. The first-order valence-corrected chi connectivity index (χ1v) is 4.56. The fraction of sp³-hybridized carbons (Fsp3) is 0.889. The first kappa shape index (κ1) is 6.04. The van der Waals surface area contributed by atoms with Crippen molar-refractivity contribution in [3.05, 3.63) is 0 Å². The van der Waals surface area contributed by atoms with Crippen molar-refractivity contribution < 1.29 is 4.79 Å². The van der Waals surface area contributed by atoms with Gasteiger partial charge in [0.1, 0.15) is 0 Å². The fourth-order valence-corrected chi connectivity index (χ4v) is 3.53. The average Bonchev–Trinajstić information content (AvgIpc) is 2.57. The normalized spacial score (nSPS) is 57.6. The minimum atomic E-state index is -0.0390. The lowest BCUT2D eigenvalue weighted by atomic mass is 9.88. The van der Waals surface area contributed by atoms with Gasteiger partial charge < -0.3 is 5.73 Å². The van der Waals surface area contributed by atoms with Crippen LogP contribution in [0, 0.1) is 29.6 Å². The van der Waals surface area contributed by atoms with Gasteiger partial charge in [-0.2, -0.15) is 0 Å². The number of fused-ring (bicyclic) bond motifs is 5. The van der Waals surface area contributed by atoms with E-state index >= 15 is 0 Å². The third-order valence-corrected chi connectivity index (χ3v) is 4.06. The molecule has 0 saturated heterocycles. The molecule has 0 radical (unpaired) electrons. The maximum Gasteiger partial charge on any atom is 0.220 e. The maximum absolute atomic E-state index is 11.0. The van der Waals surface area contributed by atoms with E-state index in [2.05, 4.69) is 0 Å². The van der Waals surface area contributed by atoms with Crippen LogP contribution < -0.4 is 5.73 Å². The summed E-state index contributed by atoms with van der Waals surface area (Å²) in [5.41, 5.74) is 5.33. The predicted molar refractivity (Wildman–Crippen MR) is 40.5 cm³/mol. The molecule has 3 fully saturated rings. The van der Waals surface area contributed by atoms with Gasteiger partial charge in [-0.15, -0.1) is 0 Å². The summed E-state index contributed by atoms with van der Waals surface area (Å²) in [6.07, 6.45) is 3.82. The Labute approximate surface area is 66.1 Å². The van der Waals surface area contributed by atoms with Crippen molar-refractivity contribution in [3.8, 4) is 0 Å². The predicted octanol–water partition coefficient (Wildman–Crippen LogP) is 0.764. The van der Waals surface area contributed by atoms with Gasteiger partial charge in [-0.25, -0.2) is 0 Å². The Balaban J connectivity index is 1.87. The van der Waals surface area contributed by atoms with E-state index in [1.807, 2.05) is 0 Å². The van der Waals surface area contributed by atoms with Gasteiger partial charge >= 0.3 is 0 Å². The smallest absolute Gasteiger partial charge is 0.220 e. The summed E-state index contributed by atoms with van der Waals surface area (Å²) in [6.45, 7) is 0. The largest absolute Gasteiger partial charge is 0.369 e. The third-order valence-electron chi connectivity index (χ3n) is 4.06. The fourth-order valence-electron chi connectivity index (χ4n) is 3.53. The van der Waals surface area contributed by atoms with E-state index in [9.17, 15) is 4.79 Å². The summed E-state index contributed by atoms with van der Waals surface area (Å²) in [5, 5.41) is 0. The minimum Gasteiger partial charge on any atom is -0.369 e. The highest BCUT2D eigenvalue weighted by atomic mass is 16.1. The number of primary amides is 1. The lowest BCUT2D eigenvalue weighted by Crippen LogP contribution is -2.28. The molecule has 0 aromatic heterocycles. The van der Waals surface area contributed by atoms with Gasteiger partial charge in [-0.3, -0.25) is 4.79 Å². The topological polar surface area (TPSA) is 43.1 Å². The highest BCUT2D eigenvalue weighted by Gasteiger charge is 2.61. The van der Waals surface area contributed by atoms with E-state index in [1.54, 1.807) is 0 Å². The van der Waals surface area contributed by atoms with E-state index < -0.39 is 0 Å². The minimum absolute atomic E-state index is 0.0390. The maximum atomic E-state index is 11.0. The Bertz CT molecular complexity index is 226. The molecule has 0 aromatic rings. The average molecular weight is 151 g/mol. The summed E-state index contributed by atoms with van der Waals surface area (Å²) < 4.78 is 0. The number of carbonyl (C=O) groups excluding carboxylic acids is 1. The summed E-state index contributed by atoms with van der Waals surface area (Å²) in [6, 6.07) is 0. The van der Waals surface area contributed by atoms with Gasteiger partial charge in [-0.1, -0.05) is 0 Å². The van der Waals surface area contributed by atoms with Crippen molar-refractivity contribution in [2.24, 2.45) is 35.3 Å². The molecule has 5 atom stereocenters. The van der Waals surface area contributed by atoms with E-state index in [-0.39, 0.29) is 11.8 Å². The third kappa shape index (κ3) is 0.608. The van der Waals surface area contributed by atoms with Crippen molar-refractivity contribution in [1.29, 1.82) is 0 Å². The molecule has 3 aliphatic rings. The van der Waals surface area contributed by atoms with Crippen LogP contribution in [-0.2, 0) is 4.79 Å². The van der Waals surface area contributed by atoms with Crippen LogP contribution in [0.5, 0.6) is 0 Å². The van der Waals surface area contributed by atoms with Crippen LogP contribution in [0.15, 0.2) is 0 Å². The van der Waals surface area contributed by atoms with Crippen LogP contribution >= 0.6 is 0 Å². The van der Waals surface area contributed by atoms with Crippen molar-refractivity contribution in [2.75, 3.05) is 0 Å². The standard InChI is InChI=1S/C9H13NO/c10-9(11)8-2-4-1-6(8)7-3-5(4)7/h4-8H,1-3H2,(H2,10,11). The molecule has 60 valence electrons. The molecular weight excluding hydrogens is 138 g/mol. The molecule has 0 spiro atoms. The molecule has 3 aliphatic carbocycles. The van der Waals surface area contributed by atoms with Crippen molar-refractivity contribution in [3.63, 3.8) is 0 Å². The summed E-state index contributed by atoms with van der Waals surface area (Å²) >= 11 is 0. The SMILES string of the molecule is NC(=O)C1CC2CC1C1CC21. The lowest BCUT2D eigenvalue weighted by molar-refractivity contribution is -0.123. The quantitative estimate of drug-likeness (QED) is 0.590. The number of rotatable bonds is 1. The van der Waals surface area contributed by atoms with Crippen LogP contribution in [-0.4, -0.2) is 5.91 Å². The summed E-state index contributed by atoms with van der Waals surface area (Å²) in [4.78, 5) is 11.0. The van der Waals surface area contributed by atoms with Crippen LogP contribution in [0.25, 0.3) is 0 Å². The molecule has 0 aliphatic heterocycles. The Morgan fingerprint density at radius 2 is 1.91 bits per heavy atom. The molecule has 3 saturated carbocycles. The second-order valence-electron chi connectivity index (χ2n) is 4.47. The first-order chi connectivity index (χ1) is 5.27. The van der Waals surface area contributed by atoms with Crippen LogP contribution in [0.2, 0.25) is 0 Å². The molecule has 3 rings (SSSR count).